The van der Waals surface area contributed by atoms with Crippen LogP contribution in [0.2, 0.25) is 5.02 Å². The Morgan fingerprint density at radius 3 is 2.52 bits per heavy atom. The molecular formula is C25H24ClN3O2. The topological polar surface area (TPSA) is 67.0 Å². The van der Waals surface area contributed by atoms with Crippen LogP contribution in [0.25, 0.3) is 11.8 Å². The van der Waals surface area contributed by atoms with E-state index in [1.807, 2.05) is 80.8 Å². The van der Waals surface area contributed by atoms with Crippen molar-refractivity contribution in [1.82, 2.24) is 4.57 Å². The molecule has 5 nitrogen and oxygen atoms in total. The molecule has 158 valence electrons. The number of carbonyl (C=O) groups excluding carboxylic acids is 1. The summed E-state index contributed by atoms with van der Waals surface area (Å²) in [5, 5.41) is 13.0. The zero-order chi connectivity index (χ0) is 22.7. The SMILES string of the molecule is COc1ccc(-n2c(C)cc(/C=C(\C#N)C(=O)Nc3cc(C)ccc3C)c2C)cc1Cl. The van der Waals surface area contributed by atoms with Gasteiger partial charge in [-0.15, -0.1) is 0 Å². The van der Waals surface area contributed by atoms with Crippen LogP contribution >= 0.6 is 11.6 Å². The Kier molecular flexibility index (Phi) is 6.53. The van der Waals surface area contributed by atoms with Gasteiger partial charge in [-0.2, -0.15) is 5.26 Å². The summed E-state index contributed by atoms with van der Waals surface area (Å²) in [4.78, 5) is 12.8. The number of amides is 1. The predicted octanol–water partition coefficient (Wildman–Crippen LogP) is 5.92. The van der Waals surface area contributed by atoms with E-state index in [4.69, 9.17) is 16.3 Å². The van der Waals surface area contributed by atoms with E-state index in [2.05, 4.69) is 5.32 Å². The molecule has 1 aromatic heterocycles. The quantitative estimate of drug-likeness (QED) is 0.401. The van der Waals surface area contributed by atoms with Gasteiger partial charge in [0, 0.05) is 22.8 Å². The Labute approximate surface area is 187 Å². The minimum atomic E-state index is -0.437. The number of anilines is 1. The van der Waals surface area contributed by atoms with Crippen LogP contribution < -0.4 is 10.1 Å². The summed E-state index contributed by atoms with van der Waals surface area (Å²) < 4.78 is 7.25. The minimum absolute atomic E-state index is 0.0360. The lowest BCUT2D eigenvalue weighted by Gasteiger charge is -2.12. The van der Waals surface area contributed by atoms with E-state index in [9.17, 15) is 10.1 Å². The van der Waals surface area contributed by atoms with E-state index >= 15 is 0 Å². The average molecular weight is 434 g/mol. The van der Waals surface area contributed by atoms with Crippen LogP contribution in [0.15, 0.2) is 48.0 Å². The van der Waals surface area contributed by atoms with Gasteiger partial charge in [0.25, 0.3) is 5.91 Å². The van der Waals surface area contributed by atoms with Gasteiger partial charge in [0.1, 0.15) is 17.4 Å². The normalized spacial score (nSPS) is 11.2. The Balaban J connectivity index is 1.96. The highest BCUT2D eigenvalue weighted by Gasteiger charge is 2.15. The number of nitrogens with zero attached hydrogens (tertiary/aromatic N) is 2. The number of nitriles is 1. The fourth-order valence-electron chi connectivity index (χ4n) is 3.49. The smallest absolute Gasteiger partial charge is 0.266 e. The predicted molar refractivity (Wildman–Crippen MR) is 125 cm³/mol. The lowest BCUT2D eigenvalue weighted by atomic mass is 10.1. The summed E-state index contributed by atoms with van der Waals surface area (Å²) in [5.41, 5.74) is 6.22. The lowest BCUT2D eigenvalue weighted by Crippen LogP contribution is -2.14. The summed E-state index contributed by atoms with van der Waals surface area (Å²) in [6, 6.07) is 15.3. The second kappa shape index (κ2) is 9.11. The third-order valence-electron chi connectivity index (χ3n) is 5.17. The molecule has 1 N–H and O–H groups in total. The van der Waals surface area contributed by atoms with E-state index in [1.54, 1.807) is 13.2 Å². The maximum atomic E-state index is 12.8. The standard InChI is InChI=1S/C25H24ClN3O2/c1-15-6-7-16(2)23(10-15)28-25(30)20(14-27)12-19-11-17(3)29(18(19)4)21-8-9-24(31-5)22(26)13-21/h6-13H,1-5H3,(H,28,30)/b20-12+. The number of hydrogen-bond donors (Lipinski definition) is 1. The van der Waals surface area contributed by atoms with E-state index in [0.29, 0.717) is 16.5 Å². The van der Waals surface area contributed by atoms with Crippen molar-refractivity contribution in [3.05, 3.63) is 81.1 Å². The number of hydrogen-bond acceptors (Lipinski definition) is 3. The molecule has 0 atom stereocenters. The Bertz CT molecular complexity index is 1230. The largest absolute Gasteiger partial charge is 0.495 e. The average Bonchev–Trinajstić information content (AvgIpc) is 3.01. The van der Waals surface area contributed by atoms with Crippen molar-refractivity contribution in [2.75, 3.05) is 12.4 Å². The number of nitrogens with one attached hydrogen (secondary N) is 1. The van der Waals surface area contributed by atoms with E-state index in [0.717, 1.165) is 33.8 Å². The third kappa shape index (κ3) is 4.65. The molecule has 0 saturated heterocycles. The number of aryl methyl sites for hydroxylation is 3. The summed E-state index contributed by atoms with van der Waals surface area (Å²) in [6.45, 7) is 7.77. The van der Waals surface area contributed by atoms with Crippen LogP contribution in [0.1, 0.15) is 28.1 Å². The fraction of sp³-hybridized carbons (Fsp3) is 0.200. The molecule has 0 fully saturated rings. The van der Waals surface area contributed by atoms with Gasteiger partial charge in [0.05, 0.1) is 12.1 Å². The summed E-state index contributed by atoms with van der Waals surface area (Å²) in [7, 11) is 1.57. The second-order valence-corrected chi connectivity index (χ2v) is 7.83. The molecule has 1 amide bonds. The first-order valence-corrected chi connectivity index (χ1v) is 10.2. The maximum Gasteiger partial charge on any atom is 0.266 e. The highest BCUT2D eigenvalue weighted by Crippen LogP contribution is 2.30. The first-order valence-electron chi connectivity index (χ1n) is 9.78. The van der Waals surface area contributed by atoms with E-state index < -0.39 is 5.91 Å². The van der Waals surface area contributed by atoms with Crippen LogP contribution in [-0.2, 0) is 4.79 Å². The van der Waals surface area contributed by atoms with Gasteiger partial charge in [0.2, 0.25) is 0 Å². The Morgan fingerprint density at radius 1 is 1.13 bits per heavy atom. The van der Waals surface area contributed by atoms with Crippen LogP contribution in [0, 0.1) is 39.0 Å². The molecule has 6 heteroatoms. The van der Waals surface area contributed by atoms with Crippen molar-refractivity contribution in [3.63, 3.8) is 0 Å². The highest BCUT2D eigenvalue weighted by atomic mass is 35.5. The second-order valence-electron chi connectivity index (χ2n) is 7.42. The van der Waals surface area contributed by atoms with Gasteiger partial charge in [-0.05, 0) is 80.8 Å². The molecule has 0 radical (unpaired) electrons. The van der Waals surface area contributed by atoms with Crippen LogP contribution in [0.5, 0.6) is 5.75 Å². The molecule has 0 saturated carbocycles. The van der Waals surface area contributed by atoms with Crippen molar-refractivity contribution in [1.29, 1.82) is 5.26 Å². The molecule has 1 heterocycles. The third-order valence-corrected chi connectivity index (χ3v) is 5.47. The van der Waals surface area contributed by atoms with Gasteiger partial charge in [-0.1, -0.05) is 23.7 Å². The van der Waals surface area contributed by atoms with E-state index in [-0.39, 0.29) is 5.57 Å². The molecule has 0 aliphatic rings. The van der Waals surface area contributed by atoms with Gasteiger partial charge in [-0.3, -0.25) is 4.79 Å². The van der Waals surface area contributed by atoms with Crippen molar-refractivity contribution >= 4 is 29.3 Å². The molecule has 2 aromatic carbocycles. The Morgan fingerprint density at radius 2 is 1.87 bits per heavy atom. The van der Waals surface area contributed by atoms with E-state index in [1.165, 1.54) is 0 Å². The number of carbonyl (C=O) groups is 1. The zero-order valence-corrected chi connectivity index (χ0v) is 19.0. The first-order chi connectivity index (χ1) is 14.7. The molecule has 31 heavy (non-hydrogen) atoms. The van der Waals surface area contributed by atoms with Crippen LogP contribution in [-0.4, -0.2) is 17.6 Å². The number of rotatable bonds is 5. The number of halogens is 1. The van der Waals surface area contributed by atoms with Gasteiger partial charge >= 0.3 is 0 Å². The molecule has 0 spiro atoms. The van der Waals surface area contributed by atoms with Crippen LogP contribution in [0.3, 0.4) is 0 Å². The van der Waals surface area contributed by atoms with Gasteiger partial charge < -0.3 is 14.6 Å². The molecule has 3 aromatic rings. The maximum absolute atomic E-state index is 12.8. The molecular weight excluding hydrogens is 410 g/mol. The summed E-state index contributed by atoms with van der Waals surface area (Å²) in [6.07, 6.45) is 1.62. The minimum Gasteiger partial charge on any atom is -0.495 e. The number of aromatic nitrogens is 1. The summed E-state index contributed by atoms with van der Waals surface area (Å²) in [5.74, 6) is 0.163. The lowest BCUT2D eigenvalue weighted by molar-refractivity contribution is -0.112. The molecule has 0 bridgehead atoms. The number of benzene rings is 2. The monoisotopic (exact) mass is 433 g/mol. The fourth-order valence-corrected chi connectivity index (χ4v) is 3.74. The zero-order valence-electron chi connectivity index (χ0n) is 18.2. The molecule has 0 aliphatic heterocycles. The Hall–Kier alpha value is -3.49. The van der Waals surface area contributed by atoms with Crippen molar-refractivity contribution in [2.45, 2.75) is 27.7 Å². The number of methoxy groups -OCH3 is 1. The molecule has 3 rings (SSSR count). The van der Waals surface area contributed by atoms with Crippen LogP contribution in [0.4, 0.5) is 5.69 Å². The first kappa shape index (κ1) is 22.2. The summed E-state index contributed by atoms with van der Waals surface area (Å²) >= 11 is 6.29. The van der Waals surface area contributed by atoms with Crippen molar-refractivity contribution in [3.8, 4) is 17.5 Å². The molecule has 0 aliphatic carbocycles. The van der Waals surface area contributed by atoms with Gasteiger partial charge in [0.15, 0.2) is 0 Å². The van der Waals surface area contributed by atoms with Crippen molar-refractivity contribution < 1.29 is 9.53 Å². The molecule has 0 unspecified atom stereocenters. The highest BCUT2D eigenvalue weighted by molar-refractivity contribution is 6.32. The van der Waals surface area contributed by atoms with Crippen molar-refractivity contribution in [2.24, 2.45) is 0 Å². The van der Waals surface area contributed by atoms with Gasteiger partial charge in [-0.25, -0.2) is 0 Å². The number of ether oxygens (including phenoxy) is 1.